The minimum Gasteiger partial charge on any atom is -0.350 e. The number of carbonyl (C=O) groups excluding carboxylic acids is 1. The molecule has 1 N–H and O–H groups in total. The third-order valence-electron chi connectivity index (χ3n) is 4.98. The number of nitriles is 1. The molecule has 0 saturated heterocycles. The van der Waals surface area contributed by atoms with Crippen molar-refractivity contribution in [2.45, 2.75) is 83.1 Å². The maximum atomic E-state index is 12.6. The van der Waals surface area contributed by atoms with Crippen molar-refractivity contribution in [2.75, 3.05) is 0 Å². The van der Waals surface area contributed by atoms with Crippen LogP contribution in [0.4, 0.5) is 0 Å². The SMILES string of the molecule is CC1(NC(=O)C2(C#N)CCCCCC2)CCCCC1. The Balaban J connectivity index is 2.05. The minimum absolute atomic E-state index is 0.00120. The second-order valence-corrected chi connectivity index (χ2v) is 6.68. The van der Waals surface area contributed by atoms with Crippen molar-refractivity contribution in [1.82, 2.24) is 5.32 Å². The molecule has 0 spiro atoms. The second-order valence-electron chi connectivity index (χ2n) is 6.68. The number of nitrogens with one attached hydrogen (secondary N) is 1. The maximum absolute atomic E-state index is 12.6. The van der Waals surface area contributed by atoms with Crippen LogP contribution < -0.4 is 5.32 Å². The van der Waals surface area contributed by atoms with E-state index in [-0.39, 0.29) is 11.4 Å². The van der Waals surface area contributed by atoms with Crippen LogP contribution in [0.3, 0.4) is 0 Å². The molecule has 1 amide bonds. The lowest BCUT2D eigenvalue weighted by molar-refractivity contribution is -0.131. The summed E-state index contributed by atoms with van der Waals surface area (Å²) in [7, 11) is 0. The van der Waals surface area contributed by atoms with Crippen LogP contribution in [0.15, 0.2) is 0 Å². The van der Waals surface area contributed by atoms with E-state index in [0.717, 1.165) is 51.4 Å². The van der Waals surface area contributed by atoms with E-state index < -0.39 is 5.41 Å². The molecular formula is C16H26N2O. The predicted molar refractivity (Wildman–Crippen MR) is 75.4 cm³/mol. The second kappa shape index (κ2) is 5.94. The van der Waals surface area contributed by atoms with Crippen LogP contribution in [0, 0.1) is 16.7 Å². The van der Waals surface area contributed by atoms with Crippen LogP contribution in [-0.4, -0.2) is 11.4 Å². The maximum Gasteiger partial charge on any atom is 0.240 e. The van der Waals surface area contributed by atoms with E-state index in [1.165, 1.54) is 19.3 Å². The van der Waals surface area contributed by atoms with Crippen molar-refractivity contribution in [1.29, 1.82) is 5.26 Å². The van der Waals surface area contributed by atoms with Gasteiger partial charge in [-0.3, -0.25) is 4.79 Å². The number of hydrogen-bond donors (Lipinski definition) is 1. The molecule has 0 radical (unpaired) electrons. The molecule has 0 aromatic heterocycles. The van der Waals surface area contributed by atoms with E-state index in [4.69, 9.17) is 0 Å². The molecule has 3 nitrogen and oxygen atoms in total. The van der Waals surface area contributed by atoms with E-state index in [1.807, 2.05) is 0 Å². The van der Waals surface area contributed by atoms with Gasteiger partial charge >= 0.3 is 0 Å². The van der Waals surface area contributed by atoms with Crippen LogP contribution in [0.5, 0.6) is 0 Å². The Morgan fingerprint density at radius 1 is 0.947 bits per heavy atom. The van der Waals surface area contributed by atoms with E-state index in [1.54, 1.807) is 0 Å². The van der Waals surface area contributed by atoms with Gasteiger partial charge in [0.2, 0.25) is 5.91 Å². The van der Waals surface area contributed by atoms with Gasteiger partial charge in [0.15, 0.2) is 0 Å². The first-order chi connectivity index (χ1) is 9.10. The summed E-state index contributed by atoms with van der Waals surface area (Å²) < 4.78 is 0. The van der Waals surface area contributed by atoms with E-state index in [2.05, 4.69) is 18.3 Å². The van der Waals surface area contributed by atoms with E-state index >= 15 is 0 Å². The van der Waals surface area contributed by atoms with Crippen molar-refractivity contribution < 1.29 is 4.79 Å². The zero-order chi connectivity index (χ0) is 13.8. The number of rotatable bonds is 2. The highest BCUT2D eigenvalue weighted by Gasteiger charge is 2.41. The average Bonchev–Trinajstić information content (AvgIpc) is 2.65. The summed E-state index contributed by atoms with van der Waals surface area (Å²) >= 11 is 0. The van der Waals surface area contributed by atoms with Crippen LogP contribution >= 0.6 is 0 Å². The summed E-state index contributed by atoms with van der Waals surface area (Å²) in [5, 5.41) is 12.8. The standard InChI is InChI=1S/C16H26N2O/c1-15(9-5-4-6-10-15)18-14(19)16(13-17)11-7-2-3-8-12-16/h2-12H2,1H3,(H,18,19). The fourth-order valence-corrected chi connectivity index (χ4v) is 3.57. The van der Waals surface area contributed by atoms with Crippen molar-refractivity contribution >= 4 is 5.91 Å². The zero-order valence-electron chi connectivity index (χ0n) is 12.1. The Morgan fingerprint density at radius 3 is 1.95 bits per heavy atom. The van der Waals surface area contributed by atoms with Crippen molar-refractivity contribution in [3.05, 3.63) is 0 Å². The molecule has 0 atom stereocenters. The van der Waals surface area contributed by atoms with Crippen LogP contribution in [0.2, 0.25) is 0 Å². The molecule has 19 heavy (non-hydrogen) atoms. The Bertz CT molecular complexity index is 355. The Labute approximate surface area is 116 Å². The summed E-state index contributed by atoms with van der Waals surface area (Å²) in [4.78, 5) is 12.6. The molecule has 0 aromatic carbocycles. The third-order valence-corrected chi connectivity index (χ3v) is 4.98. The van der Waals surface area contributed by atoms with Crippen LogP contribution in [-0.2, 0) is 4.79 Å². The number of amides is 1. The highest BCUT2D eigenvalue weighted by molar-refractivity contribution is 5.86. The van der Waals surface area contributed by atoms with Gasteiger partial charge in [0, 0.05) is 5.54 Å². The van der Waals surface area contributed by atoms with Gasteiger partial charge in [0.05, 0.1) is 6.07 Å². The molecule has 0 aromatic rings. The van der Waals surface area contributed by atoms with Crippen molar-refractivity contribution in [3.63, 3.8) is 0 Å². The van der Waals surface area contributed by atoms with Gasteiger partial charge in [-0.05, 0) is 32.6 Å². The largest absolute Gasteiger partial charge is 0.350 e. The number of carbonyl (C=O) groups is 1. The smallest absolute Gasteiger partial charge is 0.240 e. The van der Waals surface area contributed by atoms with Gasteiger partial charge in [-0.15, -0.1) is 0 Å². The Hall–Kier alpha value is -1.04. The Kier molecular flexibility index (Phi) is 4.50. The molecule has 0 unspecified atom stereocenters. The lowest BCUT2D eigenvalue weighted by Crippen LogP contribution is -2.52. The minimum atomic E-state index is -0.753. The first kappa shape index (κ1) is 14.4. The zero-order valence-corrected chi connectivity index (χ0v) is 12.1. The normalized spacial score (nSPS) is 25.9. The molecular weight excluding hydrogens is 236 g/mol. The molecule has 2 rings (SSSR count). The van der Waals surface area contributed by atoms with Gasteiger partial charge in [0.25, 0.3) is 0 Å². The summed E-state index contributed by atoms with van der Waals surface area (Å²) in [6, 6.07) is 2.35. The topological polar surface area (TPSA) is 52.9 Å². The highest BCUT2D eigenvalue weighted by Crippen LogP contribution is 2.36. The summed E-state index contributed by atoms with van der Waals surface area (Å²) in [5.41, 5.74) is -0.831. The van der Waals surface area contributed by atoms with E-state index in [9.17, 15) is 10.1 Å². The fourth-order valence-electron chi connectivity index (χ4n) is 3.57. The summed E-state index contributed by atoms with van der Waals surface area (Å²) in [6.45, 7) is 2.14. The van der Waals surface area contributed by atoms with Crippen molar-refractivity contribution in [3.8, 4) is 6.07 Å². The molecule has 0 bridgehead atoms. The summed E-state index contributed by atoms with van der Waals surface area (Å²) in [5.74, 6) is 0.00120. The van der Waals surface area contributed by atoms with Gasteiger partial charge in [-0.25, -0.2) is 0 Å². The lowest BCUT2D eigenvalue weighted by atomic mass is 9.78. The molecule has 2 aliphatic carbocycles. The molecule has 2 aliphatic rings. The first-order valence-electron chi connectivity index (χ1n) is 7.84. The van der Waals surface area contributed by atoms with Gasteiger partial charge in [0.1, 0.15) is 5.41 Å². The lowest BCUT2D eigenvalue weighted by Gasteiger charge is -2.37. The summed E-state index contributed by atoms with van der Waals surface area (Å²) in [6.07, 6.45) is 11.6. The molecule has 2 fully saturated rings. The fraction of sp³-hybridized carbons (Fsp3) is 0.875. The van der Waals surface area contributed by atoms with Gasteiger partial charge < -0.3 is 5.32 Å². The molecule has 106 valence electrons. The molecule has 0 heterocycles. The number of nitrogens with zero attached hydrogens (tertiary/aromatic N) is 1. The average molecular weight is 262 g/mol. The molecule has 0 aliphatic heterocycles. The quantitative estimate of drug-likeness (QED) is 0.772. The molecule has 3 heteroatoms. The van der Waals surface area contributed by atoms with Crippen molar-refractivity contribution in [2.24, 2.45) is 5.41 Å². The van der Waals surface area contributed by atoms with Crippen LogP contribution in [0.1, 0.15) is 77.6 Å². The van der Waals surface area contributed by atoms with Gasteiger partial charge in [-0.1, -0.05) is 44.9 Å². The van der Waals surface area contributed by atoms with Crippen LogP contribution in [0.25, 0.3) is 0 Å². The highest BCUT2D eigenvalue weighted by atomic mass is 16.2. The first-order valence-corrected chi connectivity index (χ1v) is 7.84. The predicted octanol–water partition coefficient (Wildman–Crippen LogP) is 3.69. The van der Waals surface area contributed by atoms with Gasteiger partial charge in [-0.2, -0.15) is 5.26 Å². The monoisotopic (exact) mass is 262 g/mol. The molecule has 2 saturated carbocycles. The Morgan fingerprint density at radius 2 is 1.42 bits per heavy atom. The third kappa shape index (κ3) is 3.29. The number of hydrogen-bond acceptors (Lipinski definition) is 2. The van der Waals surface area contributed by atoms with E-state index in [0.29, 0.717) is 0 Å².